The van der Waals surface area contributed by atoms with Crippen LogP contribution in [0.5, 0.6) is 5.75 Å². The highest BCUT2D eigenvalue weighted by molar-refractivity contribution is 14.0. The molecular weight excluding hydrogens is 520 g/mol. The normalized spacial score (nSPS) is 11.7. The molecule has 0 unspecified atom stereocenters. The number of phenolic OH excluding ortho intramolecular Hbond substituents is 1. The zero-order valence-electron chi connectivity index (χ0n) is 17.6. The van der Waals surface area contributed by atoms with Crippen LogP contribution in [-0.4, -0.2) is 32.3 Å². The summed E-state index contributed by atoms with van der Waals surface area (Å²) in [5, 5.41) is 16.2. The highest BCUT2D eigenvalue weighted by atomic mass is 127. The number of rotatable bonds is 7. The first-order valence-corrected chi connectivity index (χ1v) is 11.4. The van der Waals surface area contributed by atoms with Crippen LogP contribution in [0.15, 0.2) is 35.3 Å². The summed E-state index contributed by atoms with van der Waals surface area (Å²) in [6.45, 7) is 6.89. The van der Waals surface area contributed by atoms with Crippen LogP contribution in [-0.2, 0) is 28.7 Å². The van der Waals surface area contributed by atoms with Gasteiger partial charge in [0.05, 0.1) is 12.3 Å². The molecule has 2 aromatic rings. The third kappa shape index (κ3) is 8.10. The Morgan fingerprint density at radius 1 is 1.10 bits per heavy atom. The van der Waals surface area contributed by atoms with Gasteiger partial charge < -0.3 is 15.7 Å². The van der Waals surface area contributed by atoms with E-state index in [2.05, 4.69) is 15.6 Å². The Bertz CT molecular complexity index is 988. The molecule has 0 atom stereocenters. The van der Waals surface area contributed by atoms with E-state index in [-0.39, 0.29) is 42.0 Å². The van der Waals surface area contributed by atoms with Crippen LogP contribution in [0.4, 0.5) is 4.39 Å². The molecule has 6 nitrogen and oxygen atoms in total. The minimum atomic E-state index is -3.24. The van der Waals surface area contributed by atoms with Gasteiger partial charge in [0.25, 0.3) is 0 Å². The van der Waals surface area contributed by atoms with Gasteiger partial charge in [-0.05, 0) is 60.7 Å². The molecule has 0 radical (unpaired) electrons. The molecule has 0 spiro atoms. The smallest absolute Gasteiger partial charge is 0.191 e. The van der Waals surface area contributed by atoms with Gasteiger partial charge in [-0.3, -0.25) is 0 Å². The minimum Gasteiger partial charge on any atom is -0.507 e. The van der Waals surface area contributed by atoms with Crippen LogP contribution < -0.4 is 10.6 Å². The summed E-state index contributed by atoms with van der Waals surface area (Å²) in [6, 6.07) is 7.86. The number of nitrogens with zero attached hydrogens (tertiary/aromatic N) is 1. The average Bonchev–Trinajstić information content (AvgIpc) is 2.62. The lowest BCUT2D eigenvalue weighted by atomic mass is 10.1. The minimum absolute atomic E-state index is 0. The van der Waals surface area contributed by atoms with E-state index in [1.54, 1.807) is 0 Å². The number of hydrogen-bond acceptors (Lipinski definition) is 4. The number of guanidine groups is 1. The SMILES string of the molecule is CCNC(=NCc1cc(C)c(O)c(C)c1)NCc1cc(F)ccc1CS(C)(=O)=O.I. The number of aryl methyl sites for hydroxylation is 2. The first kappa shape index (κ1) is 26.2. The number of halogens is 2. The molecule has 2 rings (SSSR count). The van der Waals surface area contributed by atoms with Crippen molar-refractivity contribution in [3.63, 3.8) is 0 Å². The monoisotopic (exact) mass is 549 g/mol. The Morgan fingerprint density at radius 2 is 1.73 bits per heavy atom. The Labute approximate surface area is 194 Å². The number of hydrogen-bond donors (Lipinski definition) is 3. The number of aliphatic imine (C=N–C) groups is 1. The first-order valence-electron chi connectivity index (χ1n) is 9.35. The van der Waals surface area contributed by atoms with Gasteiger partial charge >= 0.3 is 0 Å². The van der Waals surface area contributed by atoms with Gasteiger partial charge in [0.2, 0.25) is 0 Å². The fourth-order valence-electron chi connectivity index (χ4n) is 3.01. The summed E-state index contributed by atoms with van der Waals surface area (Å²) in [6.07, 6.45) is 1.15. The number of aromatic hydroxyl groups is 1. The predicted octanol–water partition coefficient (Wildman–Crippen LogP) is 3.57. The van der Waals surface area contributed by atoms with Crippen LogP contribution in [0, 0.1) is 19.7 Å². The summed E-state index contributed by atoms with van der Waals surface area (Å²) in [5.41, 5.74) is 3.66. The first-order chi connectivity index (χ1) is 13.6. The van der Waals surface area contributed by atoms with Crippen molar-refractivity contribution >= 4 is 39.8 Å². The van der Waals surface area contributed by atoms with Crippen molar-refractivity contribution in [2.45, 2.75) is 39.6 Å². The molecular formula is C21H29FIN3O3S. The van der Waals surface area contributed by atoms with Gasteiger partial charge in [-0.1, -0.05) is 18.2 Å². The van der Waals surface area contributed by atoms with E-state index >= 15 is 0 Å². The Balaban J connectivity index is 0.00000450. The molecule has 0 aliphatic rings. The summed E-state index contributed by atoms with van der Waals surface area (Å²) < 4.78 is 37.0. The van der Waals surface area contributed by atoms with Crippen LogP contribution in [0.1, 0.15) is 34.7 Å². The van der Waals surface area contributed by atoms with Crippen LogP contribution in [0.25, 0.3) is 0 Å². The van der Waals surface area contributed by atoms with E-state index in [9.17, 15) is 17.9 Å². The van der Waals surface area contributed by atoms with Crippen molar-refractivity contribution in [2.24, 2.45) is 4.99 Å². The Morgan fingerprint density at radius 3 is 2.30 bits per heavy atom. The molecule has 9 heteroatoms. The second-order valence-corrected chi connectivity index (χ2v) is 9.25. The second kappa shape index (κ2) is 11.5. The predicted molar refractivity (Wildman–Crippen MR) is 130 cm³/mol. The van der Waals surface area contributed by atoms with Crippen molar-refractivity contribution < 1.29 is 17.9 Å². The molecule has 30 heavy (non-hydrogen) atoms. The quantitative estimate of drug-likeness (QED) is 0.279. The van der Waals surface area contributed by atoms with Crippen molar-refractivity contribution in [3.8, 4) is 5.75 Å². The number of phenols is 1. The molecule has 0 amide bonds. The summed E-state index contributed by atoms with van der Waals surface area (Å²) in [4.78, 5) is 4.54. The van der Waals surface area contributed by atoms with E-state index in [0.717, 1.165) is 22.9 Å². The summed E-state index contributed by atoms with van der Waals surface area (Å²) >= 11 is 0. The highest BCUT2D eigenvalue weighted by Gasteiger charge is 2.11. The summed E-state index contributed by atoms with van der Waals surface area (Å²) in [5.74, 6) is 0.248. The fourth-order valence-corrected chi connectivity index (χ4v) is 3.86. The molecule has 166 valence electrons. The molecule has 0 aromatic heterocycles. The molecule has 0 aliphatic carbocycles. The van der Waals surface area contributed by atoms with Crippen molar-refractivity contribution in [2.75, 3.05) is 12.8 Å². The van der Waals surface area contributed by atoms with Crippen molar-refractivity contribution in [3.05, 3.63) is 64.0 Å². The standard InChI is InChI=1S/C21H28FN3O3S.HI/c1-5-23-21(24-11-16-8-14(2)20(26)15(3)9-16)25-12-18-10-19(22)7-6-17(18)13-29(4,27)28;/h6-10,26H,5,11-13H2,1-4H3,(H2,23,24,25);1H. The largest absolute Gasteiger partial charge is 0.507 e. The molecule has 0 bridgehead atoms. The van der Waals surface area contributed by atoms with E-state index in [0.29, 0.717) is 30.2 Å². The van der Waals surface area contributed by atoms with E-state index in [1.165, 1.54) is 18.2 Å². The highest BCUT2D eigenvalue weighted by Crippen LogP contribution is 2.23. The third-order valence-electron chi connectivity index (χ3n) is 4.35. The fraction of sp³-hybridized carbons (Fsp3) is 0.381. The number of benzene rings is 2. The van der Waals surface area contributed by atoms with Crippen molar-refractivity contribution in [1.29, 1.82) is 0 Å². The van der Waals surface area contributed by atoms with Gasteiger partial charge in [-0.15, -0.1) is 24.0 Å². The molecule has 0 heterocycles. The van der Waals surface area contributed by atoms with Gasteiger partial charge in [-0.2, -0.15) is 0 Å². The molecule has 0 aliphatic heterocycles. The molecule has 0 saturated carbocycles. The second-order valence-electron chi connectivity index (χ2n) is 7.11. The molecule has 2 aromatic carbocycles. The Kier molecular flexibility index (Phi) is 10.0. The zero-order valence-corrected chi connectivity index (χ0v) is 20.8. The van der Waals surface area contributed by atoms with Gasteiger partial charge in [0.15, 0.2) is 15.8 Å². The number of nitrogens with one attached hydrogen (secondary N) is 2. The lowest BCUT2D eigenvalue weighted by molar-refractivity contribution is 0.466. The van der Waals surface area contributed by atoms with Gasteiger partial charge in [0, 0.05) is 19.3 Å². The molecule has 0 saturated heterocycles. The van der Waals surface area contributed by atoms with Gasteiger partial charge in [-0.25, -0.2) is 17.8 Å². The zero-order chi connectivity index (χ0) is 21.6. The lowest BCUT2D eigenvalue weighted by Crippen LogP contribution is -2.37. The van der Waals surface area contributed by atoms with E-state index in [1.807, 2.05) is 32.9 Å². The van der Waals surface area contributed by atoms with Crippen LogP contribution >= 0.6 is 24.0 Å². The lowest BCUT2D eigenvalue weighted by Gasteiger charge is -2.14. The third-order valence-corrected chi connectivity index (χ3v) is 5.18. The van der Waals surface area contributed by atoms with Gasteiger partial charge in [0.1, 0.15) is 11.6 Å². The van der Waals surface area contributed by atoms with E-state index in [4.69, 9.17) is 0 Å². The summed E-state index contributed by atoms with van der Waals surface area (Å²) in [7, 11) is -3.24. The topological polar surface area (TPSA) is 90.8 Å². The molecule has 3 N–H and O–H groups in total. The van der Waals surface area contributed by atoms with Crippen LogP contribution in [0.3, 0.4) is 0 Å². The Hall–Kier alpha value is -1.88. The van der Waals surface area contributed by atoms with E-state index < -0.39 is 15.7 Å². The average molecular weight is 549 g/mol. The van der Waals surface area contributed by atoms with Crippen LogP contribution in [0.2, 0.25) is 0 Å². The maximum Gasteiger partial charge on any atom is 0.191 e. The maximum atomic E-state index is 13.7. The van der Waals surface area contributed by atoms with Crippen molar-refractivity contribution in [1.82, 2.24) is 10.6 Å². The maximum absolute atomic E-state index is 13.7. The molecule has 0 fully saturated rings. The number of sulfone groups is 1.